The van der Waals surface area contributed by atoms with E-state index in [-0.39, 0.29) is 5.91 Å². The lowest BCUT2D eigenvalue weighted by molar-refractivity contribution is 0.0969. The Morgan fingerprint density at radius 3 is 2.30 bits per heavy atom. The minimum absolute atomic E-state index is 0.0680. The van der Waals surface area contributed by atoms with Crippen LogP contribution < -0.4 is 0 Å². The first-order valence-electron chi connectivity index (χ1n) is 7.32. The van der Waals surface area contributed by atoms with Gasteiger partial charge in [0.2, 0.25) is 0 Å². The summed E-state index contributed by atoms with van der Waals surface area (Å²) in [7, 11) is 0. The first kappa shape index (κ1) is 13.3. The largest absolute Gasteiger partial charge is 0.276 e. The smallest absolute Gasteiger partial charge is 0.262 e. The van der Waals surface area contributed by atoms with Gasteiger partial charge in [0, 0.05) is 16.3 Å². The van der Waals surface area contributed by atoms with Crippen molar-refractivity contribution in [1.29, 1.82) is 5.26 Å². The van der Waals surface area contributed by atoms with E-state index in [0.717, 1.165) is 21.8 Å². The maximum absolute atomic E-state index is 13.0. The van der Waals surface area contributed by atoms with Crippen molar-refractivity contribution < 1.29 is 4.79 Å². The van der Waals surface area contributed by atoms with Gasteiger partial charge >= 0.3 is 0 Å². The maximum Gasteiger partial charge on any atom is 0.262 e. The third-order valence-corrected chi connectivity index (χ3v) is 4.03. The Kier molecular flexibility index (Phi) is 2.96. The van der Waals surface area contributed by atoms with Crippen molar-refractivity contribution in [3.05, 3.63) is 83.9 Å². The second kappa shape index (κ2) is 5.11. The molecular formula is C20H12N2O. The molecule has 0 aliphatic carbocycles. The number of benzene rings is 3. The van der Waals surface area contributed by atoms with E-state index in [1.165, 1.54) is 0 Å². The predicted octanol–water partition coefficient (Wildman–Crippen LogP) is 4.35. The normalized spacial score (nSPS) is 10.7. The van der Waals surface area contributed by atoms with Crippen molar-refractivity contribution in [2.24, 2.45) is 0 Å². The Bertz CT molecular complexity index is 1090. The molecule has 108 valence electrons. The van der Waals surface area contributed by atoms with Gasteiger partial charge in [0.15, 0.2) is 0 Å². The predicted molar refractivity (Wildman–Crippen MR) is 90.3 cm³/mol. The molecule has 0 aliphatic rings. The van der Waals surface area contributed by atoms with Crippen molar-refractivity contribution in [2.45, 2.75) is 0 Å². The Morgan fingerprint density at radius 2 is 1.52 bits per heavy atom. The summed E-state index contributed by atoms with van der Waals surface area (Å²) in [6, 6.07) is 24.6. The molecule has 4 rings (SSSR count). The number of carbonyl (C=O) groups excluding carboxylic acids is 1. The number of fused-ring (bicyclic) bond motifs is 3. The maximum atomic E-state index is 13.0. The molecule has 1 aromatic heterocycles. The van der Waals surface area contributed by atoms with Crippen molar-refractivity contribution >= 4 is 27.7 Å². The number of aromatic nitrogens is 1. The average Bonchev–Trinajstić information content (AvgIpc) is 2.95. The van der Waals surface area contributed by atoms with Gasteiger partial charge in [0.1, 0.15) is 0 Å². The topological polar surface area (TPSA) is 45.8 Å². The van der Waals surface area contributed by atoms with E-state index in [0.29, 0.717) is 11.1 Å². The Labute approximate surface area is 133 Å². The third-order valence-electron chi connectivity index (χ3n) is 4.03. The first-order valence-corrected chi connectivity index (χ1v) is 7.32. The fraction of sp³-hybridized carbons (Fsp3) is 0. The van der Waals surface area contributed by atoms with Crippen LogP contribution in [0, 0.1) is 11.3 Å². The van der Waals surface area contributed by atoms with Gasteiger partial charge in [-0.3, -0.25) is 9.36 Å². The second-order valence-corrected chi connectivity index (χ2v) is 5.37. The van der Waals surface area contributed by atoms with Crippen molar-refractivity contribution in [3.63, 3.8) is 0 Å². The van der Waals surface area contributed by atoms with Crippen molar-refractivity contribution in [3.8, 4) is 6.07 Å². The number of carbonyl (C=O) groups is 1. The van der Waals surface area contributed by atoms with E-state index in [2.05, 4.69) is 6.07 Å². The summed E-state index contributed by atoms with van der Waals surface area (Å²) in [5.41, 5.74) is 2.90. The molecule has 0 spiro atoms. The Hall–Kier alpha value is -3.38. The minimum atomic E-state index is -0.0680. The summed E-state index contributed by atoms with van der Waals surface area (Å²) in [4.78, 5) is 13.0. The standard InChI is InChI=1S/C20H12N2O/c21-13-14-10-11-19-17(12-14)16-8-4-5-9-18(16)22(19)20(23)15-6-2-1-3-7-15/h1-12H. The molecule has 0 aliphatic heterocycles. The van der Waals surface area contributed by atoms with Crippen molar-refractivity contribution in [2.75, 3.05) is 0 Å². The molecule has 0 saturated heterocycles. The van der Waals surface area contributed by atoms with Gasteiger partial charge < -0.3 is 0 Å². The molecule has 0 atom stereocenters. The van der Waals surface area contributed by atoms with Crippen LogP contribution in [0.25, 0.3) is 21.8 Å². The lowest BCUT2D eigenvalue weighted by Crippen LogP contribution is -2.11. The molecule has 0 N–H and O–H groups in total. The number of hydrogen-bond acceptors (Lipinski definition) is 2. The molecule has 1 heterocycles. The molecule has 0 amide bonds. The molecule has 4 aromatic rings. The summed E-state index contributed by atoms with van der Waals surface area (Å²) in [6.45, 7) is 0. The summed E-state index contributed by atoms with van der Waals surface area (Å²) < 4.78 is 1.72. The quantitative estimate of drug-likeness (QED) is 0.524. The number of hydrogen-bond donors (Lipinski definition) is 0. The molecule has 0 radical (unpaired) electrons. The van der Waals surface area contributed by atoms with Crippen LogP contribution in [0.5, 0.6) is 0 Å². The highest BCUT2D eigenvalue weighted by molar-refractivity contribution is 6.16. The molecule has 0 fully saturated rings. The molecule has 3 heteroatoms. The van der Waals surface area contributed by atoms with Crippen LogP contribution in [-0.4, -0.2) is 10.5 Å². The number of nitriles is 1. The highest BCUT2D eigenvalue weighted by atomic mass is 16.2. The highest BCUT2D eigenvalue weighted by Crippen LogP contribution is 2.30. The molecular weight excluding hydrogens is 284 g/mol. The molecule has 3 aromatic carbocycles. The van der Waals surface area contributed by atoms with Crippen LogP contribution in [0.3, 0.4) is 0 Å². The van der Waals surface area contributed by atoms with Crippen LogP contribution in [-0.2, 0) is 0 Å². The second-order valence-electron chi connectivity index (χ2n) is 5.37. The number of nitrogens with zero attached hydrogens (tertiary/aromatic N) is 2. The lowest BCUT2D eigenvalue weighted by atomic mass is 10.1. The van der Waals surface area contributed by atoms with Crippen molar-refractivity contribution in [1.82, 2.24) is 4.57 Å². The van der Waals surface area contributed by atoms with Gasteiger partial charge in [-0.15, -0.1) is 0 Å². The summed E-state index contributed by atoms with van der Waals surface area (Å²) in [6.07, 6.45) is 0. The van der Waals surface area contributed by atoms with E-state index in [9.17, 15) is 4.79 Å². The summed E-state index contributed by atoms with van der Waals surface area (Å²) in [5, 5.41) is 11.0. The minimum Gasteiger partial charge on any atom is -0.276 e. The van der Waals surface area contributed by atoms with Gasteiger partial charge in [-0.1, -0.05) is 36.4 Å². The van der Waals surface area contributed by atoms with Gasteiger partial charge in [0.05, 0.1) is 22.7 Å². The van der Waals surface area contributed by atoms with E-state index < -0.39 is 0 Å². The van der Waals surface area contributed by atoms with E-state index in [1.807, 2.05) is 66.7 Å². The fourth-order valence-electron chi connectivity index (χ4n) is 2.97. The molecule has 0 unspecified atom stereocenters. The number of para-hydroxylation sites is 1. The molecule has 0 bridgehead atoms. The average molecular weight is 296 g/mol. The monoisotopic (exact) mass is 296 g/mol. The zero-order valence-corrected chi connectivity index (χ0v) is 12.2. The number of rotatable bonds is 1. The van der Waals surface area contributed by atoms with E-state index in [4.69, 9.17) is 5.26 Å². The Balaban J connectivity index is 2.09. The van der Waals surface area contributed by atoms with Gasteiger partial charge in [-0.2, -0.15) is 5.26 Å². The zero-order valence-electron chi connectivity index (χ0n) is 12.2. The Morgan fingerprint density at radius 1 is 0.826 bits per heavy atom. The lowest BCUT2D eigenvalue weighted by Gasteiger charge is -2.06. The SMILES string of the molecule is N#Cc1ccc2c(c1)c1ccccc1n2C(=O)c1ccccc1. The highest BCUT2D eigenvalue weighted by Gasteiger charge is 2.17. The summed E-state index contributed by atoms with van der Waals surface area (Å²) >= 11 is 0. The van der Waals surface area contributed by atoms with Gasteiger partial charge in [0.25, 0.3) is 5.91 Å². The van der Waals surface area contributed by atoms with Crippen LogP contribution >= 0.6 is 0 Å². The zero-order chi connectivity index (χ0) is 15.8. The fourth-order valence-corrected chi connectivity index (χ4v) is 2.97. The molecule has 0 saturated carbocycles. The van der Waals surface area contributed by atoms with E-state index >= 15 is 0 Å². The summed E-state index contributed by atoms with van der Waals surface area (Å²) in [5.74, 6) is -0.0680. The van der Waals surface area contributed by atoms with Crippen LogP contribution in [0.1, 0.15) is 15.9 Å². The third kappa shape index (κ3) is 2.01. The van der Waals surface area contributed by atoms with Gasteiger partial charge in [-0.25, -0.2) is 0 Å². The first-order chi connectivity index (χ1) is 11.3. The van der Waals surface area contributed by atoms with Crippen LogP contribution in [0.4, 0.5) is 0 Å². The van der Waals surface area contributed by atoms with E-state index in [1.54, 1.807) is 10.6 Å². The molecule has 3 nitrogen and oxygen atoms in total. The van der Waals surface area contributed by atoms with Crippen LogP contribution in [0.15, 0.2) is 72.8 Å². The van der Waals surface area contributed by atoms with Crippen LogP contribution in [0.2, 0.25) is 0 Å². The molecule has 23 heavy (non-hydrogen) atoms. The van der Waals surface area contributed by atoms with Gasteiger partial charge in [-0.05, 0) is 36.4 Å².